The Morgan fingerprint density at radius 3 is 2.21 bits per heavy atom. The summed E-state index contributed by atoms with van der Waals surface area (Å²) in [7, 11) is 0. The number of amides is 1. The van der Waals surface area contributed by atoms with Gasteiger partial charge in [0.05, 0.1) is 11.0 Å². The molecule has 1 amide bonds. The van der Waals surface area contributed by atoms with Gasteiger partial charge in [-0.25, -0.2) is 4.79 Å². The maximum absolute atomic E-state index is 12.7. The molecule has 0 fully saturated rings. The number of benzene rings is 2. The van der Waals surface area contributed by atoms with Crippen LogP contribution in [-0.4, -0.2) is 28.1 Å². The number of nitrogens with zero attached hydrogens (tertiary/aromatic N) is 2. The third-order valence-electron chi connectivity index (χ3n) is 4.71. The Bertz CT molecular complexity index is 960. The first-order valence-corrected chi connectivity index (χ1v) is 9.94. The van der Waals surface area contributed by atoms with Gasteiger partial charge >= 0.3 is 5.69 Å². The van der Waals surface area contributed by atoms with Gasteiger partial charge in [0.15, 0.2) is 0 Å². The highest BCUT2D eigenvalue weighted by Gasteiger charge is 2.13. The molecular formula is C22H28N4O2. The molecule has 0 aliphatic carbocycles. The topological polar surface area (TPSA) is 68.1 Å². The molecule has 6 nitrogen and oxygen atoms in total. The van der Waals surface area contributed by atoms with Gasteiger partial charge in [0.2, 0.25) is 5.91 Å². The number of anilines is 1. The molecule has 0 unspecified atom stereocenters. The maximum atomic E-state index is 12.7. The van der Waals surface area contributed by atoms with Gasteiger partial charge in [-0.2, -0.15) is 0 Å². The standard InChI is InChI=1S/C22H28N4O2/c1-2-16-25-19-11-6-7-12-20(19)26(22(25)28)17-13-21(27)24-15-8-14-23-18-9-4-3-5-10-18/h3-7,9-12,23H,2,8,13-17H2,1H3,(H,24,27). The summed E-state index contributed by atoms with van der Waals surface area (Å²) in [6.07, 6.45) is 2.04. The van der Waals surface area contributed by atoms with Crippen molar-refractivity contribution in [2.24, 2.45) is 0 Å². The summed E-state index contributed by atoms with van der Waals surface area (Å²) in [4.78, 5) is 24.9. The van der Waals surface area contributed by atoms with Crippen LogP contribution in [0.5, 0.6) is 0 Å². The highest BCUT2D eigenvalue weighted by Crippen LogP contribution is 2.13. The van der Waals surface area contributed by atoms with Crippen LogP contribution in [0.25, 0.3) is 11.0 Å². The molecule has 2 N–H and O–H groups in total. The number of imidazole rings is 1. The van der Waals surface area contributed by atoms with E-state index in [1.54, 1.807) is 9.13 Å². The Morgan fingerprint density at radius 2 is 1.54 bits per heavy atom. The molecule has 0 saturated heterocycles. The molecular weight excluding hydrogens is 352 g/mol. The normalized spacial score (nSPS) is 10.9. The van der Waals surface area contributed by atoms with Crippen LogP contribution in [-0.2, 0) is 17.9 Å². The lowest BCUT2D eigenvalue weighted by Gasteiger charge is -2.08. The van der Waals surface area contributed by atoms with Crippen molar-refractivity contribution in [3.63, 3.8) is 0 Å². The van der Waals surface area contributed by atoms with Gasteiger partial charge in [-0.3, -0.25) is 13.9 Å². The zero-order valence-electron chi connectivity index (χ0n) is 16.4. The van der Waals surface area contributed by atoms with E-state index in [4.69, 9.17) is 0 Å². The second kappa shape index (κ2) is 9.78. The lowest BCUT2D eigenvalue weighted by molar-refractivity contribution is -0.121. The number of rotatable bonds is 10. The average molecular weight is 380 g/mol. The molecule has 2 aromatic carbocycles. The smallest absolute Gasteiger partial charge is 0.329 e. The average Bonchev–Trinajstić information content (AvgIpc) is 2.98. The van der Waals surface area contributed by atoms with E-state index in [9.17, 15) is 9.59 Å². The summed E-state index contributed by atoms with van der Waals surface area (Å²) in [5.41, 5.74) is 2.86. The first-order chi connectivity index (χ1) is 13.7. The van der Waals surface area contributed by atoms with Crippen molar-refractivity contribution in [2.45, 2.75) is 39.3 Å². The van der Waals surface area contributed by atoms with Gasteiger partial charge in [0, 0.05) is 38.3 Å². The summed E-state index contributed by atoms with van der Waals surface area (Å²) in [5, 5.41) is 6.26. The van der Waals surface area contributed by atoms with Crippen molar-refractivity contribution in [3.8, 4) is 0 Å². The van der Waals surface area contributed by atoms with Crippen LogP contribution in [0.4, 0.5) is 5.69 Å². The predicted molar refractivity (Wildman–Crippen MR) is 114 cm³/mol. The van der Waals surface area contributed by atoms with Crippen LogP contribution in [0, 0.1) is 0 Å². The van der Waals surface area contributed by atoms with E-state index in [1.807, 2.05) is 54.6 Å². The van der Waals surface area contributed by atoms with Crippen molar-refractivity contribution in [1.82, 2.24) is 14.5 Å². The summed E-state index contributed by atoms with van der Waals surface area (Å²) < 4.78 is 3.50. The molecule has 0 aliphatic rings. The van der Waals surface area contributed by atoms with E-state index in [2.05, 4.69) is 17.6 Å². The van der Waals surface area contributed by atoms with E-state index in [1.165, 1.54) is 0 Å². The molecule has 3 aromatic rings. The molecule has 0 saturated carbocycles. The fraction of sp³-hybridized carbons (Fsp3) is 0.364. The van der Waals surface area contributed by atoms with Crippen LogP contribution in [0.15, 0.2) is 59.4 Å². The molecule has 1 aromatic heterocycles. The third kappa shape index (κ3) is 4.82. The summed E-state index contributed by atoms with van der Waals surface area (Å²) in [6, 6.07) is 17.8. The van der Waals surface area contributed by atoms with Gasteiger partial charge in [-0.05, 0) is 37.1 Å². The number of carbonyl (C=O) groups excluding carboxylic acids is 1. The largest absolute Gasteiger partial charge is 0.385 e. The second-order valence-electron chi connectivity index (χ2n) is 6.82. The third-order valence-corrected chi connectivity index (χ3v) is 4.71. The Balaban J connectivity index is 1.48. The van der Waals surface area contributed by atoms with Crippen LogP contribution < -0.4 is 16.3 Å². The summed E-state index contributed by atoms with van der Waals surface area (Å²) >= 11 is 0. The zero-order chi connectivity index (χ0) is 19.8. The summed E-state index contributed by atoms with van der Waals surface area (Å²) in [5.74, 6) is -0.0288. The van der Waals surface area contributed by atoms with Crippen LogP contribution in [0.2, 0.25) is 0 Å². The van der Waals surface area contributed by atoms with Gasteiger partial charge in [-0.1, -0.05) is 37.3 Å². The Labute approximate surface area is 165 Å². The quantitative estimate of drug-likeness (QED) is 0.531. The van der Waals surface area contributed by atoms with E-state index in [0.717, 1.165) is 36.1 Å². The number of para-hydroxylation sites is 3. The number of hydrogen-bond donors (Lipinski definition) is 2. The minimum absolute atomic E-state index is 0.0288. The first-order valence-electron chi connectivity index (χ1n) is 9.94. The van der Waals surface area contributed by atoms with Gasteiger partial charge < -0.3 is 10.6 Å². The number of hydrogen-bond acceptors (Lipinski definition) is 3. The van der Waals surface area contributed by atoms with Crippen LogP contribution >= 0.6 is 0 Å². The molecule has 28 heavy (non-hydrogen) atoms. The van der Waals surface area contributed by atoms with E-state index in [0.29, 0.717) is 26.1 Å². The number of fused-ring (bicyclic) bond motifs is 1. The van der Waals surface area contributed by atoms with E-state index in [-0.39, 0.29) is 11.6 Å². The molecule has 0 bridgehead atoms. The maximum Gasteiger partial charge on any atom is 0.329 e. The molecule has 6 heteroatoms. The number of aryl methyl sites for hydroxylation is 2. The molecule has 0 aliphatic heterocycles. The van der Waals surface area contributed by atoms with Crippen molar-refractivity contribution in [2.75, 3.05) is 18.4 Å². The van der Waals surface area contributed by atoms with Gasteiger partial charge in [0.25, 0.3) is 0 Å². The molecule has 148 valence electrons. The van der Waals surface area contributed by atoms with E-state index < -0.39 is 0 Å². The molecule has 0 atom stereocenters. The molecule has 0 radical (unpaired) electrons. The Morgan fingerprint density at radius 1 is 0.893 bits per heavy atom. The van der Waals surface area contributed by atoms with Crippen molar-refractivity contribution in [3.05, 3.63) is 65.1 Å². The van der Waals surface area contributed by atoms with E-state index >= 15 is 0 Å². The first kappa shape index (κ1) is 19.7. The fourth-order valence-electron chi connectivity index (χ4n) is 3.33. The number of carbonyl (C=O) groups is 1. The minimum atomic E-state index is -0.0390. The highest BCUT2D eigenvalue weighted by molar-refractivity contribution is 5.78. The number of nitrogens with one attached hydrogen (secondary N) is 2. The van der Waals surface area contributed by atoms with Crippen LogP contribution in [0.3, 0.4) is 0 Å². The second-order valence-corrected chi connectivity index (χ2v) is 6.82. The lowest BCUT2D eigenvalue weighted by atomic mass is 10.3. The lowest BCUT2D eigenvalue weighted by Crippen LogP contribution is -2.29. The van der Waals surface area contributed by atoms with Gasteiger partial charge in [-0.15, -0.1) is 0 Å². The predicted octanol–water partition coefficient (Wildman–Crippen LogP) is 3.22. The minimum Gasteiger partial charge on any atom is -0.385 e. The number of aromatic nitrogens is 2. The van der Waals surface area contributed by atoms with Crippen molar-refractivity contribution < 1.29 is 4.79 Å². The fourth-order valence-corrected chi connectivity index (χ4v) is 3.33. The molecule has 3 rings (SSSR count). The van der Waals surface area contributed by atoms with Crippen molar-refractivity contribution >= 4 is 22.6 Å². The highest BCUT2D eigenvalue weighted by atomic mass is 16.2. The zero-order valence-corrected chi connectivity index (χ0v) is 16.4. The Hall–Kier alpha value is -3.02. The summed E-state index contributed by atoms with van der Waals surface area (Å²) in [6.45, 7) is 4.55. The SMILES string of the molecule is CCCn1c(=O)n(CCC(=O)NCCCNc2ccccc2)c2ccccc21. The molecule has 1 heterocycles. The van der Waals surface area contributed by atoms with Crippen molar-refractivity contribution in [1.29, 1.82) is 0 Å². The monoisotopic (exact) mass is 380 g/mol. The van der Waals surface area contributed by atoms with Gasteiger partial charge in [0.1, 0.15) is 0 Å². The Kier molecular flexibility index (Phi) is 6.89. The molecule has 0 spiro atoms. The van der Waals surface area contributed by atoms with Crippen LogP contribution in [0.1, 0.15) is 26.2 Å².